The normalized spacial score (nSPS) is 24.4. The molecule has 0 radical (unpaired) electrons. The quantitative estimate of drug-likeness (QED) is 0.870. The molecule has 0 saturated carbocycles. The molecule has 1 atom stereocenters. The number of hydrogen-bond donors (Lipinski definition) is 1. The molecule has 0 spiro atoms. The van der Waals surface area contributed by atoms with Crippen LogP contribution in [-0.2, 0) is 18.2 Å². The number of rotatable bonds is 4. The van der Waals surface area contributed by atoms with E-state index in [4.69, 9.17) is 4.74 Å². The maximum atomic E-state index is 5.37. The van der Waals surface area contributed by atoms with Gasteiger partial charge >= 0.3 is 0 Å². The fourth-order valence-corrected chi connectivity index (χ4v) is 3.14. The number of ether oxygens (including phenoxy) is 1. The Morgan fingerprint density at radius 1 is 1.42 bits per heavy atom. The van der Waals surface area contributed by atoms with E-state index >= 15 is 0 Å². The summed E-state index contributed by atoms with van der Waals surface area (Å²) < 4.78 is 7.41. The minimum absolute atomic E-state index is 0.499. The highest BCUT2D eigenvalue weighted by atomic mass is 16.5. The van der Waals surface area contributed by atoms with Crippen LogP contribution in [-0.4, -0.2) is 54.1 Å². The van der Waals surface area contributed by atoms with E-state index in [0.29, 0.717) is 6.04 Å². The van der Waals surface area contributed by atoms with Gasteiger partial charge in [-0.3, -0.25) is 9.58 Å². The third-order valence-corrected chi connectivity index (χ3v) is 4.30. The molecule has 1 aromatic heterocycles. The number of nitrogens with one attached hydrogen (secondary N) is 1. The van der Waals surface area contributed by atoms with E-state index < -0.39 is 0 Å². The predicted octanol–water partition coefficient (Wildman–Crippen LogP) is 0.719. The Morgan fingerprint density at radius 2 is 2.26 bits per heavy atom. The maximum absolute atomic E-state index is 5.37. The summed E-state index contributed by atoms with van der Waals surface area (Å²) in [7, 11) is 2.05. The fraction of sp³-hybridized carbons (Fsp3) is 0.786. The first-order chi connectivity index (χ1) is 9.34. The summed E-state index contributed by atoms with van der Waals surface area (Å²) in [5.41, 5.74) is 2.82. The van der Waals surface area contributed by atoms with Gasteiger partial charge in [-0.25, -0.2) is 0 Å². The van der Waals surface area contributed by atoms with E-state index in [-0.39, 0.29) is 0 Å². The van der Waals surface area contributed by atoms with E-state index in [1.54, 1.807) is 0 Å². The van der Waals surface area contributed by atoms with Crippen LogP contribution in [0.3, 0.4) is 0 Å². The van der Waals surface area contributed by atoms with Crippen molar-refractivity contribution in [1.82, 2.24) is 20.0 Å². The Hall–Kier alpha value is -0.910. The van der Waals surface area contributed by atoms with Crippen LogP contribution >= 0.6 is 0 Å². The van der Waals surface area contributed by atoms with Crippen LogP contribution < -0.4 is 5.32 Å². The lowest BCUT2D eigenvalue weighted by molar-refractivity contribution is 0.0380. The zero-order chi connectivity index (χ0) is 13.1. The Bertz CT molecular complexity index is 412. The predicted molar refractivity (Wildman–Crippen MR) is 74.1 cm³/mol. The third kappa shape index (κ3) is 2.99. The minimum atomic E-state index is 0.499. The number of fused-ring (bicyclic) bond motifs is 1. The molecule has 1 aromatic rings. The van der Waals surface area contributed by atoms with Crippen LogP contribution in [0.25, 0.3) is 0 Å². The zero-order valence-corrected chi connectivity index (χ0v) is 11.8. The molecule has 106 valence electrons. The molecule has 1 N–H and O–H groups in total. The van der Waals surface area contributed by atoms with Gasteiger partial charge in [0.1, 0.15) is 0 Å². The van der Waals surface area contributed by atoms with Gasteiger partial charge in [0.2, 0.25) is 0 Å². The second-order valence-corrected chi connectivity index (χ2v) is 5.52. The lowest BCUT2D eigenvalue weighted by Crippen LogP contribution is -2.41. The van der Waals surface area contributed by atoms with Crippen molar-refractivity contribution in [2.24, 2.45) is 7.05 Å². The minimum Gasteiger partial charge on any atom is -0.379 e. The molecular weight excluding hydrogens is 240 g/mol. The SMILES string of the molecule is Cn1ncc2c1CCCC2NCCN1CCOCC1. The molecule has 2 heterocycles. The van der Waals surface area contributed by atoms with Gasteiger partial charge in [0.05, 0.1) is 19.4 Å². The Balaban J connectivity index is 1.50. The van der Waals surface area contributed by atoms with Gasteiger partial charge in [0, 0.05) is 50.5 Å². The van der Waals surface area contributed by atoms with Crippen molar-refractivity contribution in [2.75, 3.05) is 39.4 Å². The number of aromatic nitrogens is 2. The molecule has 5 nitrogen and oxygen atoms in total. The fourth-order valence-electron chi connectivity index (χ4n) is 3.14. The molecule has 5 heteroatoms. The summed E-state index contributed by atoms with van der Waals surface area (Å²) in [6.07, 6.45) is 5.72. The maximum Gasteiger partial charge on any atom is 0.0594 e. The largest absolute Gasteiger partial charge is 0.379 e. The van der Waals surface area contributed by atoms with Crippen molar-refractivity contribution in [3.8, 4) is 0 Å². The van der Waals surface area contributed by atoms with Gasteiger partial charge in [0.15, 0.2) is 0 Å². The highest BCUT2D eigenvalue weighted by Gasteiger charge is 2.22. The summed E-state index contributed by atoms with van der Waals surface area (Å²) >= 11 is 0. The molecule has 0 aromatic carbocycles. The third-order valence-electron chi connectivity index (χ3n) is 4.30. The molecular formula is C14H24N4O. The summed E-state index contributed by atoms with van der Waals surface area (Å²) in [5, 5.41) is 8.10. The molecule has 1 fully saturated rings. The van der Waals surface area contributed by atoms with Crippen molar-refractivity contribution >= 4 is 0 Å². The topological polar surface area (TPSA) is 42.3 Å². The summed E-state index contributed by atoms with van der Waals surface area (Å²) in [6, 6.07) is 0.499. The summed E-state index contributed by atoms with van der Waals surface area (Å²) in [6.45, 7) is 6.09. The van der Waals surface area contributed by atoms with Crippen LogP contribution in [0.2, 0.25) is 0 Å². The van der Waals surface area contributed by atoms with Crippen molar-refractivity contribution < 1.29 is 4.74 Å². The van der Waals surface area contributed by atoms with Crippen LogP contribution in [0.5, 0.6) is 0 Å². The monoisotopic (exact) mass is 264 g/mol. The summed E-state index contributed by atoms with van der Waals surface area (Å²) in [4.78, 5) is 2.48. The van der Waals surface area contributed by atoms with Crippen LogP contribution in [0.1, 0.15) is 30.1 Å². The first-order valence-electron chi connectivity index (χ1n) is 7.39. The highest BCUT2D eigenvalue weighted by Crippen LogP contribution is 2.28. The van der Waals surface area contributed by atoms with Crippen LogP contribution in [0, 0.1) is 0 Å². The number of aryl methyl sites for hydroxylation is 1. The number of morpholine rings is 1. The Morgan fingerprint density at radius 3 is 3.11 bits per heavy atom. The zero-order valence-electron chi connectivity index (χ0n) is 11.8. The Labute approximate surface area is 114 Å². The van der Waals surface area contributed by atoms with Gasteiger partial charge in [-0.2, -0.15) is 5.10 Å². The molecule has 1 aliphatic carbocycles. The number of nitrogens with zero attached hydrogens (tertiary/aromatic N) is 3. The van der Waals surface area contributed by atoms with Crippen LogP contribution in [0.4, 0.5) is 0 Å². The molecule has 3 rings (SSSR count). The van der Waals surface area contributed by atoms with Crippen molar-refractivity contribution in [3.63, 3.8) is 0 Å². The number of hydrogen-bond acceptors (Lipinski definition) is 4. The van der Waals surface area contributed by atoms with E-state index in [9.17, 15) is 0 Å². The first kappa shape index (κ1) is 13.1. The van der Waals surface area contributed by atoms with Crippen LogP contribution in [0.15, 0.2) is 6.20 Å². The van der Waals surface area contributed by atoms with Gasteiger partial charge < -0.3 is 10.1 Å². The molecule has 1 aliphatic heterocycles. The second-order valence-electron chi connectivity index (χ2n) is 5.52. The lowest BCUT2D eigenvalue weighted by atomic mass is 9.93. The standard InChI is InChI=1S/C14H24N4O/c1-17-14-4-2-3-13(12(14)11-16-17)15-5-6-18-7-9-19-10-8-18/h11,13,15H,2-10H2,1H3. The average Bonchev–Trinajstić information content (AvgIpc) is 2.83. The highest BCUT2D eigenvalue weighted by molar-refractivity contribution is 5.24. The van der Waals surface area contributed by atoms with Crippen molar-refractivity contribution in [1.29, 1.82) is 0 Å². The van der Waals surface area contributed by atoms with Crippen molar-refractivity contribution in [2.45, 2.75) is 25.3 Å². The molecule has 1 saturated heterocycles. The molecule has 19 heavy (non-hydrogen) atoms. The molecule has 0 amide bonds. The summed E-state index contributed by atoms with van der Waals surface area (Å²) in [5.74, 6) is 0. The smallest absolute Gasteiger partial charge is 0.0594 e. The molecule has 2 aliphatic rings. The molecule has 0 bridgehead atoms. The molecule has 1 unspecified atom stereocenters. The van der Waals surface area contributed by atoms with Gasteiger partial charge in [-0.15, -0.1) is 0 Å². The van der Waals surface area contributed by atoms with E-state index in [2.05, 4.69) is 22.4 Å². The lowest BCUT2D eigenvalue weighted by Gasteiger charge is -2.28. The van der Waals surface area contributed by atoms with Gasteiger partial charge in [-0.05, 0) is 19.3 Å². The van der Waals surface area contributed by atoms with Gasteiger partial charge in [-0.1, -0.05) is 0 Å². The second kappa shape index (κ2) is 6.03. The van der Waals surface area contributed by atoms with Gasteiger partial charge in [0.25, 0.3) is 0 Å². The Kier molecular flexibility index (Phi) is 4.15. The first-order valence-corrected chi connectivity index (χ1v) is 7.39. The van der Waals surface area contributed by atoms with E-state index in [0.717, 1.165) is 39.4 Å². The van der Waals surface area contributed by atoms with Crippen molar-refractivity contribution in [3.05, 3.63) is 17.5 Å². The average molecular weight is 264 g/mol. The van der Waals surface area contributed by atoms with E-state index in [1.807, 2.05) is 10.9 Å². The van der Waals surface area contributed by atoms with E-state index in [1.165, 1.54) is 30.5 Å².